The molecule has 1 saturated carbocycles. The second-order valence-electron chi connectivity index (χ2n) is 8.95. The summed E-state index contributed by atoms with van der Waals surface area (Å²) >= 11 is 6.33. The van der Waals surface area contributed by atoms with E-state index in [1.165, 1.54) is 0 Å². The van der Waals surface area contributed by atoms with Gasteiger partial charge in [0.05, 0.1) is 6.04 Å². The summed E-state index contributed by atoms with van der Waals surface area (Å²) < 4.78 is 0. The first kappa shape index (κ1) is 18.9. The minimum Gasteiger partial charge on any atom is -0.356 e. The molecule has 3 aliphatic rings. The van der Waals surface area contributed by atoms with Crippen molar-refractivity contribution >= 4 is 34.3 Å². The second-order valence-corrected chi connectivity index (χ2v) is 9.38. The number of H-pyrrole nitrogens is 1. The van der Waals surface area contributed by atoms with Gasteiger partial charge in [0.1, 0.15) is 12.6 Å². The standard InChI is InChI=1S/C25H24ClN3O2/c26-16-7-5-6-15(12-16)24-23-19(18-10-3-4-11-20(18)27-23)13-21-25(31)28(14-22(30)29(21)24)17-8-1-2-9-17/h3-7,10-12,17,21,24,27H,1-2,8-9,13-14H2. The van der Waals surface area contributed by atoms with Crippen molar-refractivity contribution in [2.24, 2.45) is 0 Å². The van der Waals surface area contributed by atoms with Gasteiger partial charge in [0.15, 0.2) is 0 Å². The van der Waals surface area contributed by atoms with E-state index in [0.29, 0.717) is 11.4 Å². The van der Waals surface area contributed by atoms with Crippen molar-refractivity contribution < 1.29 is 9.59 Å². The summed E-state index contributed by atoms with van der Waals surface area (Å²) in [5.41, 5.74) is 4.10. The van der Waals surface area contributed by atoms with Crippen LogP contribution in [-0.2, 0) is 16.0 Å². The zero-order chi connectivity index (χ0) is 21.1. The largest absolute Gasteiger partial charge is 0.356 e. The van der Waals surface area contributed by atoms with E-state index in [1.54, 1.807) is 0 Å². The third kappa shape index (κ3) is 2.90. The molecule has 1 N–H and O–H groups in total. The molecule has 3 aromatic rings. The maximum atomic E-state index is 13.7. The Morgan fingerprint density at radius 1 is 1.00 bits per heavy atom. The highest BCUT2D eigenvalue weighted by Crippen LogP contribution is 2.43. The Morgan fingerprint density at radius 3 is 2.61 bits per heavy atom. The Hall–Kier alpha value is -2.79. The van der Waals surface area contributed by atoms with E-state index in [9.17, 15) is 9.59 Å². The molecule has 2 aromatic carbocycles. The number of nitrogens with one attached hydrogen (secondary N) is 1. The van der Waals surface area contributed by atoms with E-state index in [2.05, 4.69) is 17.1 Å². The summed E-state index contributed by atoms with van der Waals surface area (Å²) in [7, 11) is 0. The van der Waals surface area contributed by atoms with Gasteiger partial charge in [-0.05, 0) is 42.2 Å². The van der Waals surface area contributed by atoms with Crippen molar-refractivity contribution in [3.8, 4) is 0 Å². The van der Waals surface area contributed by atoms with Gasteiger partial charge in [-0.1, -0.05) is 54.8 Å². The summed E-state index contributed by atoms with van der Waals surface area (Å²) in [5, 5.41) is 1.75. The number of piperazine rings is 1. The SMILES string of the molecule is O=C1C2Cc3c([nH]c4ccccc34)C(c3cccc(Cl)c3)N2C(=O)CN1C1CCCC1. The fourth-order valence-corrected chi connectivity index (χ4v) is 6.03. The van der Waals surface area contributed by atoms with Crippen LogP contribution >= 0.6 is 11.6 Å². The Morgan fingerprint density at radius 2 is 1.81 bits per heavy atom. The van der Waals surface area contributed by atoms with Gasteiger partial charge in [-0.15, -0.1) is 0 Å². The van der Waals surface area contributed by atoms with Gasteiger partial charge in [-0.2, -0.15) is 0 Å². The zero-order valence-corrected chi connectivity index (χ0v) is 17.9. The molecule has 2 atom stereocenters. The average molecular weight is 434 g/mol. The molecule has 3 heterocycles. The zero-order valence-electron chi connectivity index (χ0n) is 17.2. The number of halogens is 1. The van der Waals surface area contributed by atoms with Crippen LogP contribution in [0.3, 0.4) is 0 Å². The molecule has 0 radical (unpaired) electrons. The van der Waals surface area contributed by atoms with Crippen molar-refractivity contribution in [1.29, 1.82) is 0 Å². The van der Waals surface area contributed by atoms with Gasteiger partial charge in [0.25, 0.3) is 0 Å². The summed E-state index contributed by atoms with van der Waals surface area (Å²) in [6.07, 6.45) is 4.82. The van der Waals surface area contributed by atoms with Crippen LogP contribution in [0.15, 0.2) is 48.5 Å². The number of hydrogen-bond donors (Lipinski definition) is 1. The van der Waals surface area contributed by atoms with Gasteiger partial charge in [0, 0.05) is 34.1 Å². The molecular weight excluding hydrogens is 410 g/mol. The summed E-state index contributed by atoms with van der Waals surface area (Å²) in [6.45, 7) is 0.173. The van der Waals surface area contributed by atoms with Crippen molar-refractivity contribution in [2.45, 2.75) is 50.2 Å². The van der Waals surface area contributed by atoms with E-state index < -0.39 is 6.04 Å². The third-order valence-electron chi connectivity index (χ3n) is 7.22. The highest BCUT2D eigenvalue weighted by molar-refractivity contribution is 6.30. The van der Waals surface area contributed by atoms with Crippen LogP contribution in [0, 0.1) is 0 Å². The summed E-state index contributed by atoms with van der Waals surface area (Å²) in [6, 6.07) is 15.2. The van der Waals surface area contributed by atoms with Crippen LogP contribution in [0.5, 0.6) is 0 Å². The van der Waals surface area contributed by atoms with E-state index in [4.69, 9.17) is 11.6 Å². The summed E-state index contributed by atoms with van der Waals surface area (Å²) in [4.78, 5) is 34.5. The number of aromatic nitrogens is 1. The highest BCUT2D eigenvalue weighted by Gasteiger charge is 2.49. The first-order chi connectivity index (χ1) is 15.1. The van der Waals surface area contributed by atoms with Gasteiger partial charge in [-0.3, -0.25) is 9.59 Å². The van der Waals surface area contributed by atoms with Crippen molar-refractivity contribution in [2.75, 3.05) is 6.54 Å². The van der Waals surface area contributed by atoms with Gasteiger partial charge < -0.3 is 14.8 Å². The normalized spacial score (nSPS) is 24.0. The number of rotatable bonds is 2. The Kier molecular flexibility index (Phi) is 4.35. The Balaban J connectivity index is 1.52. The van der Waals surface area contributed by atoms with E-state index in [1.807, 2.05) is 46.2 Å². The molecule has 1 saturated heterocycles. The number of nitrogens with zero attached hydrogens (tertiary/aromatic N) is 2. The maximum Gasteiger partial charge on any atom is 0.246 e. The monoisotopic (exact) mass is 433 g/mol. The van der Waals surface area contributed by atoms with E-state index >= 15 is 0 Å². The summed E-state index contributed by atoms with van der Waals surface area (Å²) in [5.74, 6) is 0.111. The number of fused-ring (bicyclic) bond motifs is 4. The van der Waals surface area contributed by atoms with Crippen LogP contribution in [0.4, 0.5) is 0 Å². The first-order valence-corrected chi connectivity index (χ1v) is 11.5. The maximum absolute atomic E-state index is 13.7. The molecule has 6 rings (SSSR count). The number of carbonyl (C=O) groups excluding carboxylic acids is 2. The second kappa shape index (κ2) is 7.13. The van der Waals surface area contributed by atoms with Crippen molar-refractivity contribution in [1.82, 2.24) is 14.8 Å². The van der Waals surface area contributed by atoms with Crippen LogP contribution in [0.25, 0.3) is 10.9 Å². The molecule has 0 bridgehead atoms. The van der Waals surface area contributed by atoms with Crippen LogP contribution in [0.2, 0.25) is 5.02 Å². The van der Waals surface area contributed by atoms with Gasteiger partial charge >= 0.3 is 0 Å². The van der Waals surface area contributed by atoms with E-state index in [0.717, 1.165) is 53.4 Å². The van der Waals surface area contributed by atoms with Gasteiger partial charge in [-0.25, -0.2) is 0 Å². The van der Waals surface area contributed by atoms with E-state index in [-0.39, 0.29) is 30.4 Å². The van der Waals surface area contributed by atoms with Crippen LogP contribution in [-0.4, -0.2) is 45.2 Å². The molecule has 6 heteroatoms. The van der Waals surface area contributed by atoms with Gasteiger partial charge in [0.2, 0.25) is 11.8 Å². The number of benzene rings is 2. The van der Waals surface area contributed by atoms with Crippen LogP contribution in [0.1, 0.15) is 48.5 Å². The number of amides is 2. The molecule has 158 valence electrons. The number of hydrogen-bond acceptors (Lipinski definition) is 2. The molecule has 0 spiro atoms. The lowest BCUT2D eigenvalue weighted by Gasteiger charge is -2.48. The molecular formula is C25H24ClN3O2. The number of carbonyl (C=O) groups is 2. The quantitative estimate of drug-likeness (QED) is 0.649. The molecule has 2 amide bonds. The predicted octanol–water partition coefficient (Wildman–Crippen LogP) is 4.45. The first-order valence-electron chi connectivity index (χ1n) is 11.1. The average Bonchev–Trinajstić information content (AvgIpc) is 3.43. The Labute approximate surface area is 186 Å². The molecule has 5 nitrogen and oxygen atoms in total. The molecule has 2 fully saturated rings. The Bertz CT molecular complexity index is 1200. The molecule has 2 aliphatic heterocycles. The lowest BCUT2D eigenvalue weighted by Crippen LogP contribution is -2.64. The third-order valence-corrected chi connectivity index (χ3v) is 7.46. The fraction of sp³-hybridized carbons (Fsp3) is 0.360. The molecule has 1 aliphatic carbocycles. The lowest BCUT2D eigenvalue weighted by molar-refractivity contribution is -0.160. The van der Waals surface area contributed by atoms with Crippen LogP contribution < -0.4 is 0 Å². The minimum atomic E-state index is -0.475. The smallest absolute Gasteiger partial charge is 0.246 e. The van der Waals surface area contributed by atoms with Crippen molar-refractivity contribution in [3.05, 3.63) is 70.4 Å². The lowest BCUT2D eigenvalue weighted by atomic mass is 9.86. The minimum absolute atomic E-state index is 0.0192. The molecule has 31 heavy (non-hydrogen) atoms. The fourth-order valence-electron chi connectivity index (χ4n) is 5.83. The topological polar surface area (TPSA) is 56.4 Å². The van der Waals surface area contributed by atoms with Crippen molar-refractivity contribution in [3.63, 3.8) is 0 Å². The number of aromatic amines is 1. The predicted molar refractivity (Wildman–Crippen MR) is 120 cm³/mol. The molecule has 2 unspecified atom stereocenters. The molecule has 1 aromatic heterocycles. The highest BCUT2D eigenvalue weighted by atomic mass is 35.5. The number of para-hydroxylation sites is 1.